The maximum absolute atomic E-state index is 13.1. The van der Waals surface area contributed by atoms with E-state index in [2.05, 4.69) is 6.92 Å². The quantitative estimate of drug-likeness (QED) is 0.719. The molecule has 1 aromatic rings. The molecule has 164 valence electrons. The molecule has 0 atom stereocenters. The molecule has 3 amide bonds. The number of nitrogens with zero attached hydrogens (tertiary/aromatic N) is 3. The molecule has 0 aromatic heterocycles. The van der Waals surface area contributed by atoms with E-state index in [4.69, 9.17) is 0 Å². The first kappa shape index (κ1) is 22.3. The molecular weight excluding hydrogens is 378 g/mol. The second-order valence-electron chi connectivity index (χ2n) is 8.46. The monoisotopic (exact) mass is 413 g/mol. The summed E-state index contributed by atoms with van der Waals surface area (Å²) in [5, 5.41) is 0. The van der Waals surface area contributed by atoms with Crippen LogP contribution in [0, 0.1) is 0 Å². The van der Waals surface area contributed by atoms with Crippen molar-refractivity contribution in [3.8, 4) is 0 Å². The first-order valence-electron chi connectivity index (χ1n) is 11.5. The lowest BCUT2D eigenvalue weighted by Gasteiger charge is -2.39. The van der Waals surface area contributed by atoms with Crippen LogP contribution in [0.3, 0.4) is 0 Å². The SMILES string of the molecule is CCCN(C(=O)CN1CCCCCCC1=O)C1CCN(C(=O)c2ccccc2)CC1. The molecule has 0 aliphatic carbocycles. The summed E-state index contributed by atoms with van der Waals surface area (Å²) in [7, 11) is 0. The number of amides is 3. The maximum Gasteiger partial charge on any atom is 0.253 e. The molecule has 6 heteroatoms. The van der Waals surface area contributed by atoms with Crippen molar-refractivity contribution in [3.63, 3.8) is 0 Å². The summed E-state index contributed by atoms with van der Waals surface area (Å²) in [6, 6.07) is 9.51. The molecular formula is C24H35N3O3. The van der Waals surface area contributed by atoms with Gasteiger partial charge in [0.2, 0.25) is 11.8 Å². The molecule has 6 nitrogen and oxygen atoms in total. The molecule has 0 N–H and O–H groups in total. The predicted octanol–water partition coefficient (Wildman–Crippen LogP) is 3.32. The molecule has 0 bridgehead atoms. The van der Waals surface area contributed by atoms with E-state index in [1.165, 1.54) is 0 Å². The molecule has 2 heterocycles. The number of likely N-dealkylation sites (tertiary alicyclic amines) is 2. The van der Waals surface area contributed by atoms with Gasteiger partial charge in [0.1, 0.15) is 0 Å². The summed E-state index contributed by atoms with van der Waals surface area (Å²) in [6.45, 7) is 4.99. The van der Waals surface area contributed by atoms with Gasteiger partial charge in [0.05, 0.1) is 6.54 Å². The average molecular weight is 414 g/mol. The lowest BCUT2D eigenvalue weighted by Crippen LogP contribution is -2.52. The predicted molar refractivity (Wildman–Crippen MR) is 117 cm³/mol. The van der Waals surface area contributed by atoms with E-state index in [1.807, 2.05) is 40.1 Å². The Balaban J connectivity index is 1.57. The summed E-state index contributed by atoms with van der Waals surface area (Å²) in [6.07, 6.45) is 7.17. The Labute approximate surface area is 180 Å². The number of rotatable bonds is 6. The van der Waals surface area contributed by atoms with Crippen molar-refractivity contribution in [2.24, 2.45) is 0 Å². The fourth-order valence-electron chi connectivity index (χ4n) is 4.53. The topological polar surface area (TPSA) is 60.9 Å². The molecule has 2 saturated heterocycles. The first-order valence-corrected chi connectivity index (χ1v) is 11.5. The van der Waals surface area contributed by atoms with Crippen LogP contribution in [0.4, 0.5) is 0 Å². The summed E-state index contributed by atoms with van der Waals surface area (Å²) >= 11 is 0. The van der Waals surface area contributed by atoms with E-state index in [9.17, 15) is 14.4 Å². The largest absolute Gasteiger partial charge is 0.338 e. The first-order chi connectivity index (χ1) is 14.6. The van der Waals surface area contributed by atoms with Gasteiger partial charge in [0.25, 0.3) is 5.91 Å². The van der Waals surface area contributed by atoms with E-state index in [0.29, 0.717) is 38.2 Å². The highest BCUT2D eigenvalue weighted by Crippen LogP contribution is 2.20. The Morgan fingerprint density at radius 2 is 1.70 bits per heavy atom. The standard InChI is InChI=1S/C24H35N3O3/c1-2-15-27(23(29)19-26-16-9-4-3-8-12-22(26)28)21-13-17-25(18-14-21)24(30)20-10-6-5-7-11-20/h5-7,10-11,21H,2-4,8-9,12-19H2,1H3. The molecule has 0 radical (unpaired) electrons. The highest BCUT2D eigenvalue weighted by molar-refractivity contribution is 5.94. The normalized spacial score (nSPS) is 18.6. The molecule has 2 aliphatic heterocycles. The van der Waals surface area contributed by atoms with E-state index in [0.717, 1.165) is 44.9 Å². The fourth-order valence-corrected chi connectivity index (χ4v) is 4.53. The van der Waals surface area contributed by atoms with E-state index < -0.39 is 0 Å². The van der Waals surface area contributed by atoms with Crippen LogP contribution in [0.2, 0.25) is 0 Å². The lowest BCUT2D eigenvalue weighted by molar-refractivity contribution is -0.142. The van der Waals surface area contributed by atoms with Crippen LogP contribution in [0.15, 0.2) is 30.3 Å². The van der Waals surface area contributed by atoms with Crippen molar-refractivity contribution in [2.75, 3.05) is 32.7 Å². The van der Waals surface area contributed by atoms with Crippen molar-refractivity contribution < 1.29 is 14.4 Å². The Morgan fingerprint density at radius 1 is 1.00 bits per heavy atom. The zero-order valence-electron chi connectivity index (χ0n) is 18.2. The van der Waals surface area contributed by atoms with Crippen LogP contribution in [0.5, 0.6) is 0 Å². The van der Waals surface area contributed by atoms with Crippen LogP contribution in [-0.2, 0) is 9.59 Å². The minimum atomic E-state index is 0.0543. The molecule has 30 heavy (non-hydrogen) atoms. The molecule has 0 unspecified atom stereocenters. The van der Waals surface area contributed by atoms with Crippen LogP contribution in [0.25, 0.3) is 0 Å². The van der Waals surface area contributed by atoms with Gasteiger partial charge in [-0.15, -0.1) is 0 Å². The Kier molecular flexibility index (Phi) is 8.29. The van der Waals surface area contributed by atoms with Crippen LogP contribution < -0.4 is 0 Å². The third-order valence-corrected chi connectivity index (χ3v) is 6.25. The summed E-state index contributed by atoms with van der Waals surface area (Å²) in [5.74, 6) is 0.232. The van der Waals surface area contributed by atoms with E-state index in [1.54, 1.807) is 4.90 Å². The van der Waals surface area contributed by atoms with Gasteiger partial charge in [0, 0.05) is 44.2 Å². The van der Waals surface area contributed by atoms with E-state index in [-0.39, 0.29) is 30.3 Å². The third kappa shape index (κ3) is 5.83. The summed E-state index contributed by atoms with van der Waals surface area (Å²) < 4.78 is 0. The molecule has 2 aliphatic rings. The number of benzene rings is 1. The number of hydrogen-bond acceptors (Lipinski definition) is 3. The Morgan fingerprint density at radius 3 is 2.40 bits per heavy atom. The van der Waals surface area contributed by atoms with Crippen molar-refractivity contribution in [1.82, 2.24) is 14.7 Å². The highest BCUT2D eigenvalue weighted by Gasteiger charge is 2.31. The number of carbonyl (C=O) groups excluding carboxylic acids is 3. The van der Waals surface area contributed by atoms with Gasteiger partial charge in [-0.2, -0.15) is 0 Å². The molecule has 2 fully saturated rings. The number of carbonyl (C=O) groups is 3. The Bertz CT molecular complexity index is 714. The Hall–Kier alpha value is -2.37. The third-order valence-electron chi connectivity index (χ3n) is 6.25. The maximum atomic E-state index is 13.1. The van der Waals surface area contributed by atoms with Crippen LogP contribution in [0.1, 0.15) is 68.6 Å². The lowest BCUT2D eigenvalue weighted by atomic mass is 10.0. The van der Waals surface area contributed by atoms with Gasteiger partial charge in [-0.1, -0.05) is 38.0 Å². The zero-order valence-corrected chi connectivity index (χ0v) is 18.2. The molecule has 3 rings (SSSR count). The molecule has 0 spiro atoms. The van der Waals surface area contributed by atoms with Gasteiger partial charge in [0.15, 0.2) is 0 Å². The minimum Gasteiger partial charge on any atom is -0.338 e. The van der Waals surface area contributed by atoms with Crippen molar-refractivity contribution in [1.29, 1.82) is 0 Å². The van der Waals surface area contributed by atoms with Crippen molar-refractivity contribution in [2.45, 2.75) is 64.3 Å². The zero-order chi connectivity index (χ0) is 21.3. The summed E-state index contributed by atoms with van der Waals surface area (Å²) in [4.78, 5) is 43.9. The van der Waals surface area contributed by atoms with Gasteiger partial charge < -0.3 is 14.7 Å². The average Bonchev–Trinajstić information content (AvgIpc) is 2.77. The van der Waals surface area contributed by atoms with Gasteiger partial charge >= 0.3 is 0 Å². The van der Waals surface area contributed by atoms with Gasteiger partial charge in [-0.05, 0) is 44.2 Å². The van der Waals surface area contributed by atoms with Gasteiger partial charge in [-0.3, -0.25) is 14.4 Å². The minimum absolute atomic E-state index is 0.0543. The van der Waals surface area contributed by atoms with E-state index >= 15 is 0 Å². The molecule has 0 saturated carbocycles. The van der Waals surface area contributed by atoms with Crippen molar-refractivity contribution >= 4 is 17.7 Å². The van der Waals surface area contributed by atoms with Crippen LogP contribution in [-0.4, -0.2) is 71.2 Å². The molecule has 1 aromatic carbocycles. The van der Waals surface area contributed by atoms with Gasteiger partial charge in [-0.25, -0.2) is 0 Å². The smallest absolute Gasteiger partial charge is 0.253 e. The number of hydrogen-bond donors (Lipinski definition) is 0. The van der Waals surface area contributed by atoms with Crippen molar-refractivity contribution in [3.05, 3.63) is 35.9 Å². The van der Waals surface area contributed by atoms with Crippen LogP contribution >= 0.6 is 0 Å². The second kappa shape index (κ2) is 11.1. The fraction of sp³-hybridized carbons (Fsp3) is 0.625. The number of piperidine rings is 1. The summed E-state index contributed by atoms with van der Waals surface area (Å²) in [5.41, 5.74) is 0.716. The highest BCUT2D eigenvalue weighted by atomic mass is 16.2. The second-order valence-corrected chi connectivity index (χ2v) is 8.46.